The topological polar surface area (TPSA) is 100 Å². The molecule has 0 spiro atoms. The Bertz CT molecular complexity index is 1800. The van der Waals surface area contributed by atoms with Crippen molar-refractivity contribution in [1.82, 2.24) is 10.3 Å². The molecule has 0 bridgehead atoms. The summed E-state index contributed by atoms with van der Waals surface area (Å²) in [6.45, 7) is 1.94. The third-order valence-corrected chi connectivity index (χ3v) is 8.69. The van der Waals surface area contributed by atoms with E-state index in [-0.39, 0.29) is 23.3 Å². The molecule has 0 saturated heterocycles. The Hall–Kier alpha value is -4.51. The van der Waals surface area contributed by atoms with Gasteiger partial charge in [-0.1, -0.05) is 70.5 Å². The van der Waals surface area contributed by atoms with Gasteiger partial charge in [-0.25, -0.2) is 4.98 Å². The van der Waals surface area contributed by atoms with Crippen LogP contribution in [0.2, 0.25) is 0 Å². The van der Waals surface area contributed by atoms with E-state index in [0.29, 0.717) is 16.4 Å². The Morgan fingerprint density at radius 3 is 2.30 bits per heavy atom. The molecule has 0 unspecified atom stereocenters. The van der Waals surface area contributed by atoms with Gasteiger partial charge in [0, 0.05) is 31.6 Å². The second kappa shape index (κ2) is 14.8. The lowest BCUT2D eigenvalue weighted by molar-refractivity contribution is -0.114. The molecule has 44 heavy (non-hydrogen) atoms. The van der Waals surface area contributed by atoms with Gasteiger partial charge in [-0.05, 0) is 72.7 Å². The highest BCUT2D eigenvalue weighted by Crippen LogP contribution is 2.27. The van der Waals surface area contributed by atoms with Crippen LogP contribution in [0.25, 0.3) is 17.3 Å². The van der Waals surface area contributed by atoms with Gasteiger partial charge in [0.05, 0.1) is 11.4 Å². The quantitative estimate of drug-likeness (QED) is 0.102. The standard InChI is InChI=1S/C34H27BrN4O3S2/c1-22-7-5-6-10-25(22)19-29(37-32(41)24-8-3-2-4-9-24)33(42)36-27-15-17-28(18-16-27)43-21-31(40)39-34-38-30(20-44-34)23-11-13-26(35)14-12-23/h2-20H,21H2,1H3,(H,36,42)(H,37,41)(H,38,39,40)/b29-19-. The van der Waals surface area contributed by atoms with Crippen LogP contribution in [0, 0.1) is 6.92 Å². The Morgan fingerprint density at radius 1 is 0.864 bits per heavy atom. The van der Waals surface area contributed by atoms with Crippen LogP contribution in [0.3, 0.4) is 0 Å². The maximum atomic E-state index is 13.3. The number of rotatable bonds is 10. The molecule has 0 saturated carbocycles. The minimum Gasteiger partial charge on any atom is -0.321 e. The number of carbonyl (C=O) groups excluding carboxylic acids is 3. The molecule has 0 radical (unpaired) electrons. The summed E-state index contributed by atoms with van der Waals surface area (Å²) in [7, 11) is 0. The van der Waals surface area contributed by atoms with Crippen molar-refractivity contribution in [3.05, 3.63) is 135 Å². The molecule has 0 atom stereocenters. The highest BCUT2D eigenvalue weighted by atomic mass is 79.9. The minimum atomic E-state index is -0.455. The summed E-state index contributed by atoms with van der Waals surface area (Å²) < 4.78 is 0.990. The number of halogens is 1. The van der Waals surface area contributed by atoms with Crippen molar-refractivity contribution in [3.63, 3.8) is 0 Å². The number of aryl methyl sites for hydroxylation is 1. The third-order valence-electron chi connectivity index (χ3n) is 6.39. The minimum absolute atomic E-state index is 0.119. The predicted octanol–water partition coefficient (Wildman–Crippen LogP) is 8.02. The first kappa shape index (κ1) is 30.9. The molecule has 7 nitrogen and oxygen atoms in total. The highest BCUT2D eigenvalue weighted by molar-refractivity contribution is 9.10. The van der Waals surface area contributed by atoms with E-state index in [1.807, 2.05) is 79.0 Å². The number of carbonyl (C=O) groups is 3. The van der Waals surface area contributed by atoms with Crippen LogP contribution >= 0.6 is 39.0 Å². The second-order valence-electron chi connectivity index (χ2n) is 9.59. The van der Waals surface area contributed by atoms with E-state index >= 15 is 0 Å². The summed E-state index contributed by atoms with van der Waals surface area (Å²) in [6, 6.07) is 31.4. The molecule has 4 aromatic carbocycles. The van der Waals surface area contributed by atoms with E-state index in [4.69, 9.17) is 0 Å². The second-order valence-corrected chi connectivity index (χ2v) is 12.4. The molecule has 1 heterocycles. The van der Waals surface area contributed by atoms with Gasteiger partial charge in [0.25, 0.3) is 11.8 Å². The Labute approximate surface area is 272 Å². The molecule has 0 aliphatic heterocycles. The van der Waals surface area contributed by atoms with Gasteiger partial charge in [-0.15, -0.1) is 23.1 Å². The maximum Gasteiger partial charge on any atom is 0.272 e. The van der Waals surface area contributed by atoms with Gasteiger partial charge in [-0.2, -0.15) is 0 Å². The Balaban J connectivity index is 1.19. The summed E-state index contributed by atoms with van der Waals surface area (Å²) in [5.74, 6) is -0.798. The van der Waals surface area contributed by atoms with Gasteiger partial charge < -0.3 is 16.0 Å². The van der Waals surface area contributed by atoms with Crippen molar-refractivity contribution >= 4 is 73.6 Å². The van der Waals surface area contributed by atoms with Crippen molar-refractivity contribution in [2.45, 2.75) is 11.8 Å². The van der Waals surface area contributed by atoms with Gasteiger partial charge >= 0.3 is 0 Å². The van der Waals surface area contributed by atoms with Crippen LogP contribution < -0.4 is 16.0 Å². The van der Waals surface area contributed by atoms with Crippen molar-refractivity contribution in [1.29, 1.82) is 0 Å². The van der Waals surface area contributed by atoms with Crippen molar-refractivity contribution in [2.75, 3.05) is 16.4 Å². The maximum absolute atomic E-state index is 13.3. The monoisotopic (exact) mass is 682 g/mol. The molecule has 1 aromatic heterocycles. The number of benzene rings is 4. The smallest absolute Gasteiger partial charge is 0.272 e. The molecule has 0 aliphatic rings. The zero-order valence-corrected chi connectivity index (χ0v) is 26.8. The van der Waals surface area contributed by atoms with Gasteiger partial charge in [-0.3, -0.25) is 14.4 Å². The summed E-state index contributed by atoms with van der Waals surface area (Å²) in [5, 5.41) is 10.9. The average molecular weight is 684 g/mol. The molecular weight excluding hydrogens is 656 g/mol. The number of nitrogens with zero attached hydrogens (tertiary/aromatic N) is 1. The van der Waals surface area contributed by atoms with E-state index in [0.717, 1.165) is 31.8 Å². The average Bonchev–Trinajstić information content (AvgIpc) is 3.50. The van der Waals surface area contributed by atoms with Crippen molar-refractivity contribution in [2.24, 2.45) is 0 Å². The number of amides is 3. The van der Waals surface area contributed by atoms with E-state index in [1.54, 1.807) is 42.5 Å². The fourth-order valence-electron chi connectivity index (χ4n) is 4.07. The van der Waals surface area contributed by atoms with Crippen molar-refractivity contribution < 1.29 is 14.4 Å². The normalized spacial score (nSPS) is 11.1. The summed E-state index contributed by atoms with van der Waals surface area (Å²) >= 11 is 6.18. The highest BCUT2D eigenvalue weighted by Gasteiger charge is 2.16. The van der Waals surface area contributed by atoms with Crippen molar-refractivity contribution in [3.8, 4) is 11.3 Å². The summed E-state index contributed by atoms with van der Waals surface area (Å²) in [5.41, 5.74) is 4.68. The molecule has 3 amide bonds. The lowest BCUT2D eigenvalue weighted by Crippen LogP contribution is -2.30. The number of nitrogens with one attached hydrogen (secondary N) is 3. The van der Waals surface area contributed by atoms with Crippen LogP contribution in [0.4, 0.5) is 10.8 Å². The first-order valence-electron chi connectivity index (χ1n) is 13.5. The van der Waals surface area contributed by atoms with Gasteiger partial charge in [0.1, 0.15) is 5.70 Å². The van der Waals surface area contributed by atoms with Crippen LogP contribution in [0.5, 0.6) is 0 Å². The van der Waals surface area contributed by atoms with Gasteiger partial charge in [0.15, 0.2) is 5.13 Å². The number of hydrogen-bond acceptors (Lipinski definition) is 6. The van der Waals surface area contributed by atoms with Crippen LogP contribution in [0.15, 0.2) is 124 Å². The van der Waals surface area contributed by atoms with E-state index in [9.17, 15) is 14.4 Å². The lowest BCUT2D eigenvalue weighted by Gasteiger charge is -2.12. The zero-order valence-electron chi connectivity index (χ0n) is 23.5. The molecule has 3 N–H and O–H groups in total. The number of hydrogen-bond donors (Lipinski definition) is 3. The summed E-state index contributed by atoms with van der Waals surface area (Å²) in [4.78, 5) is 44.1. The van der Waals surface area contributed by atoms with Crippen LogP contribution in [-0.4, -0.2) is 28.5 Å². The van der Waals surface area contributed by atoms with E-state index in [2.05, 4.69) is 36.9 Å². The fraction of sp³-hybridized carbons (Fsp3) is 0.0588. The first-order chi connectivity index (χ1) is 21.3. The fourth-order valence-corrected chi connectivity index (χ4v) is 5.77. The third kappa shape index (κ3) is 8.53. The number of thiazole rings is 1. The molecule has 5 rings (SSSR count). The van der Waals surface area contributed by atoms with Gasteiger partial charge in [0.2, 0.25) is 5.91 Å². The number of thioether (sulfide) groups is 1. The number of anilines is 2. The van der Waals surface area contributed by atoms with E-state index < -0.39 is 5.91 Å². The molecule has 0 aliphatic carbocycles. The number of aromatic nitrogens is 1. The van der Waals surface area contributed by atoms with Crippen LogP contribution in [0.1, 0.15) is 21.5 Å². The predicted molar refractivity (Wildman–Crippen MR) is 183 cm³/mol. The molecule has 10 heteroatoms. The molecule has 0 fully saturated rings. The lowest BCUT2D eigenvalue weighted by atomic mass is 10.1. The zero-order chi connectivity index (χ0) is 30.9. The first-order valence-corrected chi connectivity index (χ1v) is 16.2. The molecule has 220 valence electrons. The SMILES string of the molecule is Cc1ccccc1/C=C(\NC(=O)c1ccccc1)C(=O)Nc1ccc(SCC(=O)Nc2nc(-c3ccc(Br)cc3)cs2)cc1. The van der Waals surface area contributed by atoms with Crippen LogP contribution in [-0.2, 0) is 9.59 Å². The largest absolute Gasteiger partial charge is 0.321 e. The van der Waals surface area contributed by atoms with E-state index in [1.165, 1.54) is 23.1 Å². The Kier molecular flexibility index (Phi) is 10.4. The molecular formula is C34H27BrN4O3S2. The Morgan fingerprint density at radius 2 is 1.57 bits per heavy atom. The molecule has 5 aromatic rings. The summed E-state index contributed by atoms with van der Waals surface area (Å²) in [6.07, 6.45) is 1.67.